The maximum atomic E-state index is 12.6. The van der Waals surface area contributed by atoms with Gasteiger partial charge in [0.15, 0.2) is 5.76 Å². The number of furan rings is 1. The van der Waals surface area contributed by atoms with E-state index in [1.807, 2.05) is 31.2 Å². The SMILES string of the molecule is Cc1ccccc1OCc1ccc(C(=O)N(C)Cc2c(Cl)cnn2C)o1. The summed E-state index contributed by atoms with van der Waals surface area (Å²) in [6, 6.07) is 11.1. The number of hydrogen-bond acceptors (Lipinski definition) is 4. The third-order valence-electron chi connectivity index (χ3n) is 4.08. The second kappa shape index (κ2) is 7.66. The highest BCUT2D eigenvalue weighted by Crippen LogP contribution is 2.20. The second-order valence-corrected chi connectivity index (χ2v) is 6.45. The predicted octanol–water partition coefficient (Wildman–Crippen LogP) is 3.83. The largest absolute Gasteiger partial charge is 0.485 e. The van der Waals surface area contributed by atoms with Crippen molar-refractivity contribution in [1.82, 2.24) is 14.7 Å². The molecule has 26 heavy (non-hydrogen) atoms. The minimum absolute atomic E-state index is 0.232. The molecule has 0 atom stereocenters. The van der Waals surface area contributed by atoms with Crippen molar-refractivity contribution in [2.75, 3.05) is 7.05 Å². The van der Waals surface area contributed by atoms with Gasteiger partial charge in [-0.25, -0.2) is 0 Å². The third-order valence-corrected chi connectivity index (χ3v) is 4.40. The summed E-state index contributed by atoms with van der Waals surface area (Å²) in [5.41, 5.74) is 1.81. The predicted molar refractivity (Wildman–Crippen MR) is 98.2 cm³/mol. The fourth-order valence-corrected chi connectivity index (χ4v) is 2.76. The van der Waals surface area contributed by atoms with Crippen molar-refractivity contribution in [2.24, 2.45) is 7.05 Å². The summed E-state index contributed by atoms with van der Waals surface area (Å²) in [6.07, 6.45) is 1.56. The summed E-state index contributed by atoms with van der Waals surface area (Å²) in [7, 11) is 3.48. The Hall–Kier alpha value is -2.73. The van der Waals surface area contributed by atoms with Gasteiger partial charge in [-0.3, -0.25) is 9.48 Å². The number of benzene rings is 1. The molecule has 0 bridgehead atoms. The molecule has 0 radical (unpaired) electrons. The Balaban J connectivity index is 1.63. The summed E-state index contributed by atoms with van der Waals surface area (Å²) >= 11 is 6.09. The number of aryl methyl sites for hydroxylation is 2. The van der Waals surface area contributed by atoms with Crippen molar-refractivity contribution >= 4 is 17.5 Å². The quantitative estimate of drug-likeness (QED) is 0.659. The maximum Gasteiger partial charge on any atom is 0.289 e. The zero-order chi connectivity index (χ0) is 18.7. The number of amides is 1. The number of para-hydroxylation sites is 1. The fraction of sp³-hybridized carbons (Fsp3) is 0.263. The lowest BCUT2D eigenvalue weighted by Crippen LogP contribution is -2.27. The van der Waals surface area contributed by atoms with Gasteiger partial charge in [-0.1, -0.05) is 29.8 Å². The molecule has 1 aromatic carbocycles. The van der Waals surface area contributed by atoms with Crippen LogP contribution in [-0.4, -0.2) is 27.6 Å². The molecule has 0 aliphatic carbocycles. The lowest BCUT2D eigenvalue weighted by atomic mass is 10.2. The zero-order valence-electron chi connectivity index (χ0n) is 14.9. The van der Waals surface area contributed by atoms with Crippen molar-refractivity contribution in [1.29, 1.82) is 0 Å². The van der Waals surface area contributed by atoms with E-state index in [0.29, 0.717) is 17.3 Å². The van der Waals surface area contributed by atoms with E-state index in [9.17, 15) is 4.79 Å². The Morgan fingerprint density at radius 3 is 2.77 bits per heavy atom. The number of halogens is 1. The van der Waals surface area contributed by atoms with Crippen LogP contribution < -0.4 is 4.74 Å². The molecule has 3 aromatic rings. The highest BCUT2D eigenvalue weighted by molar-refractivity contribution is 6.31. The molecule has 136 valence electrons. The van der Waals surface area contributed by atoms with Crippen molar-refractivity contribution in [2.45, 2.75) is 20.1 Å². The molecular formula is C19H20ClN3O3. The number of ether oxygens (including phenoxy) is 1. The highest BCUT2D eigenvalue weighted by Gasteiger charge is 2.19. The molecule has 1 amide bonds. The van der Waals surface area contributed by atoms with E-state index in [1.54, 1.807) is 37.1 Å². The number of nitrogens with zero attached hydrogens (tertiary/aromatic N) is 3. The van der Waals surface area contributed by atoms with Gasteiger partial charge in [0.05, 0.1) is 23.5 Å². The molecule has 7 heteroatoms. The smallest absolute Gasteiger partial charge is 0.289 e. The standard InChI is InChI=1S/C19H20ClN3O3/c1-13-6-4-5-7-17(13)25-12-14-8-9-18(26-14)19(24)22(2)11-16-15(20)10-21-23(16)3/h4-10H,11-12H2,1-3H3. The number of carbonyl (C=O) groups is 1. The zero-order valence-corrected chi connectivity index (χ0v) is 15.7. The summed E-state index contributed by atoms with van der Waals surface area (Å²) in [4.78, 5) is 14.1. The van der Waals surface area contributed by atoms with Crippen LogP contribution in [0.1, 0.15) is 27.6 Å². The number of rotatable bonds is 6. The van der Waals surface area contributed by atoms with Crippen molar-refractivity contribution < 1.29 is 13.9 Å². The molecule has 6 nitrogen and oxygen atoms in total. The molecule has 0 saturated carbocycles. The topological polar surface area (TPSA) is 60.5 Å². The van der Waals surface area contributed by atoms with Crippen LogP contribution in [0.5, 0.6) is 5.75 Å². The van der Waals surface area contributed by atoms with Crippen LogP contribution in [0.3, 0.4) is 0 Å². The molecule has 0 spiro atoms. The van der Waals surface area contributed by atoms with Gasteiger partial charge in [-0.2, -0.15) is 5.10 Å². The molecule has 0 N–H and O–H groups in total. The van der Waals surface area contributed by atoms with E-state index in [-0.39, 0.29) is 18.3 Å². The van der Waals surface area contributed by atoms with Crippen LogP contribution in [0.2, 0.25) is 5.02 Å². The van der Waals surface area contributed by atoms with E-state index >= 15 is 0 Å². The Kier molecular flexibility index (Phi) is 5.32. The number of aromatic nitrogens is 2. The minimum atomic E-state index is -0.232. The van der Waals surface area contributed by atoms with E-state index in [2.05, 4.69) is 5.10 Å². The first kappa shape index (κ1) is 18.1. The van der Waals surface area contributed by atoms with Gasteiger partial charge >= 0.3 is 0 Å². The van der Waals surface area contributed by atoms with Crippen LogP contribution in [-0.2, 0) is 20.2 Å². The van der Waals surface area contributed by atoms with Gasteiger partial charge in [-0.05, 0) is 30.7 Å². The molecule has 0 unspecified atom stereocenters. The average molecular weight is 374 g/mol. The van der Waals surface area contributed by atoms with Gasteiger partial charge in [0.2, 0.25) is 0 Å². The molecule has 0 aliphatic rings. The van der Waals surface area contributed by atoms with Gasteiger partial charge < -0.3 is 14.1 Å². The van der Waals surface area contributed by atoms with Gasteiger partial charge in [0.1, 0.15) is 18.1 Å². The molecule has 0 fully saturated rings. The van der Waals surface area contributed by atoms with E-state index in [0.717, 1.165) is 17.0 Å². The monoisotopic (exact) mass is 373 g/mol. The number of hydrogen-bond donors (Lipinski definition) is 0. The number of carbonyl (C=O) groups excluding carboxylic acids is 1. The first-order chi connectivity index (χ1) is 12.5. The lowest BCUT2D eigenvalue weighted by Gasteiger charge is -2.16. The Morgan fingerprint density at radius 2 is 2.08 bits per heavy atom. The van der Waals surface area contributed by atoms with Gasteiger partial charge in [0, 0.05) is 14.1 Å². The Bertz CT molecular complexity index is 897. The lowest BCUT2D eigenvalue weighted by molar-refractivity contribution is 0.0746. The molecule has 2 aromatic heterocycles. The van der Waals surface area contributed by atoms with Crippen LogP contribution >= 0.6 is 11.6 Å². The van der Waals surface area contributed by atoms with Crippen molar-refractivity contribution in [3.63, 3.8) is 0 Å². The van der Waals surface area contributed by atoms with Crippen LogP contribution in [0.25, 0.3) is 0 Å². The third kappa shape index (κ3) is 3.91. The van der Waals surface area contributed by atoms with E-state index < -0.39 is 0 Å². The summed E-state index contributed by atoms with van der Waals surface area (Å²) in [6.45, 7) is 2.57. The fourth-order valence-electron chi connectivity index (χ4n) is 2.54. The minimum Gasteiger partial charge on any atom is -0.485 e. The average Bonchev–Trinajstić information content (AvgIpc) is 3.22. The van der Waals surface area contributed by atoms with Gasteiger partial charge in [0.25, 0.3) is 5.91 Å². The molecular weight excluding hydrogens is 354 g/mol. The summed E-state index contributed by atoms with van der Waals surface area (Å²) in [5.74, 6) is 1.40. The Labute approximate surface area is 156 Å². The van der Waals surface area contributed by atoms with Crippen LogP contribution in [0.15, 0.2) is 47.0 Å². The van der Waals surface area contributed by atoms with E-state index in [4.69, 9.17) is 20.8 Å². The molecule has 0 saturated heterocycles. The second-order valence-electron chi connectivity index (χ2n) is 6.04. The van der Waals surface area contributed by atoms with Crippen LogP contribution in [0.4, 0.5) is 0 Å². The Morgan fingerprint density at radius 1 is 1.31 bits per heavy atom. The maximum absolute atomic E-state index is 12.6. The van der Waals surface area contributed by atoms with Gasteiger partial charge in [-0.15, -0.1) is 0 Å². The van der Waals surface area contributed by atoms with Crippen molar-refractivity contribution in [3.05, 3.63) is 70.4 Å². The summed E-state index contributed by atoms with van der Waals surface area (Å²) in [5, 5.41) is 4.60. The van der Waals surface area contributed by atoms with E-state index in [1.165, 1.54) is 4.90 Å². The first-order valence-electron chi connectivity index (χ1n) is 8.14. The highest BCUT2D eigenvalue weighted by atomic mass is 35.5. The molecule has 0 aliphatic heterocycles. The molecule has 2 heterocycles. The normalized spacial score (nSPS) is 10.8. The first-order valence-corrected chi connectivity index (χ1v) is 8.52. The van der Waals surface area contributed by atoms with Crippen LogP contribution in [0, 0.1) is 6.92 Å². The summed E-state index contributed by atoms with van der Waals surface area (Å²) < 4.78 is 13.0. The van der Waals surface area contributed by atoms with Crippen molar-refractivity contribution in [3.8, 4) is 5.75 Å². The molecule has 3 rings (SSSR count).